The summed E-state index contributed by atoms with van der Waals surface area (Å²) in [7, 11) is 0. The number of nitrogen functional groups attached to an aromatic ring is 1. The molecule has 0 aliphatic carbocycles. The van der Waals surface area contributed by atoms with E-state index in [1.54, 1.807) is 6.92 Å². The SMILES string of the molecule is C=C(C)C(=O)OCCc1ccccc1N. The third-order valence-electron chi connectivity index (χ3n) is 2.01. The van der Waals surface area contributed by atoms with Gasteiger partial charge in [-0.3, -0.25) is 0 Å². The van der Waals surface area contributed by atoms with Crippen LogP contribution in [-0.4, -0.2) is 12.6 Å². The quantitative estimate of drug-likeness (QED) is 0.464. The first kappa shape index (κ1) is 11.3. The van der Waals surface area contributed by atoms with Crippen LogP contribution < -0.4 is 5.73 Å². The second kappa shape index (κ2) is 5.20. The number of anilines is 1. The number of esters is 1. The lowest BCUT2D eigenvalue weighted by atomic mass is 10.1. The highest BCUT2D eigenvalue weighted by Crippen LogP contribution is 2.11. The van der Waals surface area contributed by atoms with Gasteiger partial charge in [0.2, 0.25) is 0 Å². The summed E-state index contributed by atoms with van der Waals surface area (Å²) in [5.41, 5.74) is 7.87. The molecule has 1 rings (SSSR count). The lowest BCUT2D eigenvalue weighted by Crippen LogP contribution is -2.08. The predicted molar refractivity (Wildman–Crippen MR) is 60.3 cm³/mol. The first-order valence-electron chi connectivity index (χ1n) is 4.77. The molecule has 0 radical (unpaired) electrons. The smallest absolute Gasteiger partial charge is 0.333 e. The lowest BCUT2D eigenvalue weighted by molar-refractivity contribution is -0.138. The standard InChI is InChI=1S/C12H15NO2/c1-9(2)12(14)15-8-7-10-5-3-4-6-11(10)13/h3-6H,1,7-8,13H2,2H3. The maximum atomic E-state index is 11.1. The van der Waals surface area contributed by atoms with Crippen LogP contribution >= 0.6 is 0 Å². The molecule has 0 unspecified atom stereocenters. The van der Waals surface area contributed by atoms with E-state index in [0.717, 1.165) is 11.3 Å². The average Bonchev–Trinajstić information content (AvgIpc) is 2.20. The zero-order valence-corrected chi connectivity index (χ0v) is 8.82. The Hall–Kier alpha value is -1.77. The van der Waals surface area contributed by atoms with Gasteiger partial charge in [-0.2, -0.15) is 0 Å². The van der Waals surface area contributed by atoms with E-state index < -0.39 is 0 Å². The molecular formula is C12H15NO2. The van der Waals surface area contributed by atoms with Gasteiger partial charge in [0.25, 0.3) is 0 Å². The van der Waals surface area contributed by atoms with E-state index in [-0.39, 0.29) is 5.97 Å². The number of para-hydroxylation sites is 1. The summed E-state index contributed by atoms with van der Waals surface area (Å²) in [5, 5.41) is 0. The van der Waals surface area contributed by atoms with E-state index in [9.17, 15) is 4.79 Å². The molecule has 0 bridgehead atoms. The van der Waals surface area contributed by atoms with Crippen molar-refractivity contribution in [2.24, 2.45) is 0 Å². The molecule has 80 valence electrons. The Morgan fingerprint density at radius 3 is 2.73 bits per heavy atom. The van der Waals surface area contributed by atoms with Gasteiger partial charge in [0.1, 0.15) is 0 Å². The summed E-state index contributed by atoms with van der Waals surface area (Å²) in [6, 6.07) is 7.53. The van der Waals surface area contributed by atoms with Crippen LogP contribution in [0.1, 0.15) is 12.5 Å². The Bertz CT molecular complexity index is 372. The first-order chi connectivity index (χ1) is 7.11. The Kier molecular flexibility index (Phi) is 3.92. The Morgan fingerprint density at radius 1 is 1.47 bits per heavy atom. The van der Waals surface area contributed by atoms with Crippen LogP contribution in [-0.2, 0) is 16.0 Å². The highest BCUT2D eigenvalue weighted by molar-refractivity contribution is 5.86. The van der Waals surface area contributed by atoms with Gasteiger partial charge in [-0.05, 0) is 18.6 Å². The van der Waals surface area contributed by atoms with E-state index in [1.165, 1.54) is 0 Å². The first-order valence-corrected chi connectivity index (χ1v) is 4.77. The van der Waals surface area contributed by atoms with Crippen LogP contribution in [0.4, 0.5) is 5.69 Å². The number of benzene rings is 1. The molecule has 2 N–H and O–H groups in total. The van der Waals surface area contributed by atoms with Gasteiger partial charge in [-0.25, -0.2) is 4.79 Å². The van der Waals surface area contributed by atoms with Crippen molar-refractivity contribution in [1.82, 2.24) is 0 Å². The molecule has 0 aromatic heterocycles. The number of ether oxygens (including phenoxy) is 1. The molecule has 15 heavy (non-hydrogen) atoms. The Labute approximate surface area is 89.5 Å². The Morgan fingerprint density at radius 2 is 2.13 bits per heavy atom. The summed E-state index contributed by atoms with van der Waals surface area (Å²) in [6.07, 6.45) is 0.631. The van der Waals surface area contributed by atoms with Crippen molar-refractivity contribution < 1.29 is 9.53 Å². The van der Waals surface area contributed by atoms with Crippen molar-refractivity contribution in [3.05, 3.63) is 42.0 Å². The molecule has 0 aliphatic heterocycles. The number of nitrogens with two attached hydrogens (primary N) is 1. The molecule has 0 spiro atoms. The molecule has 0 fully saturated rings. The van der Waals surface area contributed by atoms with Gasteiger partial charge < -0.3 is 10.5 Å². The van der Waals surface area contributed by atoms with Crippen LogP contribution in [0.2, 0.25) is 0 Å². The van der Waals surface area contributed by atoms with Crippen molar-refractivity contribution in [1.29, 1.82) is 0 Å². The average molecular weight is 205 g/mol. The van der Waals surface area contributed by atoms with Crippen molar-refractivity contribution in [2.75, 3.05) is 12.3 Å². The van der Waals surface area contributed by atoms with Crippen molar-refractivity contribution in [3.8, 4) is 0 Å². The number of hydrogen-bond donors (Lipinski definition) is 1. The molecule has 0 heterocycles. The van der Waals surface area contributed by atoms with Gasteiger partial charge >= 0.3 is 5.97 Å². The fourth-order valence-corrected chi connectivity index (χ4v) is 1.14. The minimum absolute atomic E-state index is 0.333. The van der Waals surface area contributed by atoms with Gasteiger partial charge in [0.15, 0.2) is 0 Å². The van der Waals surface area contributed by atoms with E-state index in [2.05, 4.69) is 6.58 Å². The third kappa shape index (κ3) is 3.46. The molecule has 0 saturated carbocycles. The van der Waals surface area contributed by atoms with Gasteiger partial charge in [-0.15, -0.1) is 0 Å². The van der Waals surface area contributed by atoms with Gasteiger partial charge in [0.05, 0.1) is 6.61 Å². The van der Waals surface area contributed by atoms with Crippen LogP contribution in [0.15, 0.2) is 36.4 Å². The minimum Gasteiger partial charge on any atom is -0.462 e. The summed E-state index contributed by atoms with van der Waals surface area (Å²) in [4.78, 5) is 11.1. The van der Waals surface area contributed by atoms with E-state index in [4.69, 9.17) is 10.5 Å². The van der Waals surface area contributed by atoms with Crippen molar-refractivity contribution >= 4 is 11.7 Å². The maximum Gasteiger partial charge on any atom is 0.333 e. The lowest BCUT2D eigenvalue weighted by Gasteiger charge is -2.06. The van der Waals surface area contributed by atoms with Crippen LogP contribution in [0.25, 0.3) is 0 Å². The highest BCUT2D eigenvalue weighted by atomic mass is 16.5. The van der Waals surface area contributed by atoms with Gasteiger partial charge in [-0.1, -0.05) is 24.8 Å². The summed E-state index contributed by atoms with van der Waals surface area (Å²) >= 11 is 0. The molecule has 0 saturated heterocycles. The predicted octanol–water partition coefficient (Wildman–Crippen LogP) is 1.93. The van der Waals surface area contributed by atoms with Crippen LogP contribution in [0.5, 0.6) is 0 Å². The molecule has 0 atom stereocenters. The van der Waals surface area contributed by atoms with E-state index in [0.29, 0.717) is 18.6 Å². The molecule has 0 amide bonds. The molecule has 0 aliphatic rings. The Balaban J connectivity index is 2.42. The fraction of sp³-hybridized carbons (Fsp3) is 0.250. The maximum absolute atomic E-state index is 11.1. The summed E-state index contributed by atoms with van der Waals surface area (Å²) in [5.74, 6) is -0.357. The fourth-order valence-electron chi connectivity index (χ4n) is 1.14. The third-order valence-corrected chi connectivity index (χ3v) is 2.01. The van der Waals surface area contributed by atoms with Crippen molar-refractivity contribution in [3.63, 3.8) is 0 Å². The topological polar surface area (TPSA) is 52.3 Å². The van der Waals surface area contributed by atoms with Crippen molar-refractivity contribution in [2.45, 2.75) is 13.3 Å². The molecule has 1 aromatic rings. The van der Waals surface area contributed by atoms with Crippen LogP contribution in [0, 0.1) is 0 Å². The minimum atomic E-state index is -0.357. The summed E-state index contributed by atoms with van der Waals surface area (Å²) in [6.45, 7) is 5.46. The van der Waals surface area contributed by atoms with E-state index >= 15 is 0 Å². The molecule has 3 nitrogen and oxygen atoms in total. The molecule has 3 heteroatoms. The second-order valence-corrected chi connectivity index (χ2v) is 3.37. The monoisotopic (exact) mass is 205 g/mol. The second-order valence-electron chi connectivity index (χ2n) is 3.37. The molecule has 1 aromatic carbocycles. The number of rotatable bonds is 4. The number of carbonyl (C=O) groups is 1. The highest BCUT2D eigenvalue weighted by Gasteiger charge is 2.03. The van der Waals surface area contributed by atoms with Crippen LogP contribution in [0.3, 0.4) is 0 Å². The normalized spacial score (nSPS) is 9.67. The number of hydrogen-bond acceptors (Lipinski definition) is 3. The largest absolute Gasteiger partial charge is 0.462 e. The summed E-state index contributed by atoms with van der Waals surface area (Å²) < 4.78 is 4.97. The van der Waals surface area contributed by atoms with E-state index in [1.807, 2.05) is 24.3 Å². The van der Waals surface area contributed by atoms with Gasteiger partial charge in [0, 0.05) is 17.7 Å². The number of carbonyl (C=O) groups excluding carboxylic acids is 1. The molecular weight excluding hydrogens is 190 g/mol. The zero-order valence-electron chi connectivity index (χ0n) is 8.82. The zero-order chi connectivity index (χ0) is 11.3.